The van der Waals surface area contributed by atoms with Gasteiger partial charge in [0.15, 0.2) is 5.96 Å². The highest BCUT2D eigenvalue weighted by Crippen LogP contribution is 2.24. The Morgan fingerprint density at radius 1 is 1.23 bits per heavy atom. The second-order valence-electron chi connectivity index (χ2n) is 8.22. The molecule has 0 amide bonds. The predicted octanol–water partition coefficient (Wildman–Crippen LogP) is 2.38. The van der Waals surface area contributed by atoms with Crippen molar-refractivity contribution < 1.29 is 9.26 Å². The van der Waals surface area contributed by atoms with Crippen molar-refractivity contribution in [1.82, 2.24) is 20.3 Å². The average Bonchev–Trinajstić information content (AvgIpc) is 3.33. The highest BCUT2D eigenvalue weighted by Gasteiger charge is 2.41. The van der Waals surface area contributed by atoms with Crippen molar-refractivity contribution in [3.8, 4) is 0 Å². The van der Waals surface area contributed by atoms with Gasteiger partial charge in [0.05, 0.1) is 24.4 Å². The van der Waals surface area contributed by atoms with Crippen LogP contribution < -0.4 is 5.32 Å². The molecule has 1 aromatic carbocycles. The Morgan fingerprint density at radius 2 is 2.07 bits per heavy atom. The standard InChI is InChI=1S/C23H33N5O2/c1-17-20(18(2)30-26-17)10-7-11-25-23(24-3)28-15-21-22(16-28)29-13-12-27(21)14-19-8-5-4-6-9-19/h4-6,8-9,21-22H,7,10-16H2,1-3H3,(H,24,25). The highest BCUT2D eigenvalue weighted by atomic mass is 16.5. The topological polar surface area (TPSA) is 66.1 Å². The zero-order valence-electron chi connectivity index (χ0n) is 18.3. The highest BCUT2D eigenvalue weighted by molar-refractivity contribution is 5.80. The van der Waals surface area contributed by atoms with E-state index in [1.807, 2.05) is 20.9 Å². The number of benzene rings is 1. The summed E-state index contributed by atoms with van der Waals surface area (Å²) in [4.78, 5) is 9.44. The van der Waals surface area contributed by atoms with Crippen molar-refractivity contribution >= 4 is 5.96 Å². The van der Waals surface area contributed by atoms with Crippen LogP contribution in [-0.4, -0.2) is 72.9 Å². The minimum Gasteiger partial charge on any atom is -0.373 e. The van der Waals surface area contributed by atoms with Crippen LogP contribution in [0.15, 0.2) is 39.8 Å². The molecular weight excluding hydrogens is 378 g/mol. The van der Waals surface area contributed by atoms with Crippen LogP contribution in [0, 0.1) is 13.8 Å². The summed E-state index contributed by atoms with van der Waals surface area (Å²) < 4.78 is 11.4. The van der Waals surface area contributed by atoms with E-state index in [4.69, 9.17) is 9.26 Å². The quantitative estimate of drug-likeness (QED) is 0.447. The normalized spacial score (nSPS) is 22.4. The monoisotopic (exact) mass is 411 g/mol. The number of nitrogens with one attached hydrogen (secondary N) is 1. The first kappa shape index (κ1) is 20.9. The summed E-state index contributed by atoms with van der Waals surface area (Å²) in [6, 6.07) is 11.1. The van der Waals surface area contributed by atoms with Crippen LogP contribution >= 0.6 is 0 Å². The fourth-order valence-electron chi connectivity index (χ4n) is 4.60. The maximum Gasteiger partial charge on any atom is 0.193 e. The Bertz CT molecular complexity index is 831. The molecule has 1 N–H and O–H groups in total. The van der Waals surface area contributed by atoms with E-state index in [1.165, 1.54) is 11.1 Å². The predicted molar refractivity (Wildman–Crippen MR) is 118 cm³/mol. The van der Waals surface area contributed by atoms with Gasteiger partial charge < -0.3 is 19.5 Å². The van der Waals surface area contributed by atoms with Crippen molar-refractivity contribution in [2.24, 2.45) is 4.99 Å². The second-order valence-corrected chi connectivity index (χ2v) is 8.22. The zero-order chi connectivity index (χ0) is 20.9. The van der Waals surface area contributed by atoms with E-state index in [0.29, 0.717) is 6.04 Å². The Balaban J connectivity index is 1.30. The van der Waals surface area contributed by atoms with Gasteiger partial charge in [-0.05, 0) is 32.3 Å². The van der Waals surface area contributed by atoms with E-state index in [9.17, 15) is 0 Å². The first-order valence-corrected chi connectivity index (χ1v) is 10.9. The SMILES string of the molecule is CN=C(NCCCc1c(C)noc1C)N1CC2OCCN(Cc3ccccc3)C2C1. The molecular formula is C23H33N5O2. The Kier molecular flexibility index (Phi) is 6.69. The van der Waals surface area contributed by atoms with Crippen LogP contribution in [0.5, 0.6) is 0 Å². The van der Waals surface area contributed by atoms with Crippen molar-refractivity contribution in [2.75, 3.05) is 39.8 Å². The Morgan fingerprint density at radius 3 is 2.80 bits per heavy atom. The molecule has 7 heteroatoms. The van der Waals surface area contributed by atoms with Gasteiger partial charge in [-0.15, -0.1) is 0 Å². The molecule has 3 heterocycles. The van der Waals surface area contributed by atoms with Gasteiger partial charge in [0.1, 0.15) is 5.76 Å². The van der Waals surface area contributed by atoms with Crippen LogP contribution in [-0.2, 0) is 17.7 Å². The van der Waals surface area contributed by atoms with E-state index in [0.717, 1.165) is 69.6 Å². The van der Waals surface area contributed by atoms with Crippen LogP contribution in [0.2, 0.25) is 0 Å². The first-order valence-electron chi connectivity index (χ1n) is 10.9. The summed E-state index contributed by atoms with van der Waals surface area (Å²) >= 11 is 0. The van der Waals surface area contributed by atoms with Gasteiger partial charge in [0, 0.05) is 45.3 Å². The summed E-state index contributed by atoms with van der Waals surface area (Å²) in [7, 11) is 1.86. The van der Waals surface area contributed by atoms with Crippen LogP contribution in [0.25, 0.3) is 0 Å². The number of morpholine rings is 1. The number of likely N-dealkylation sites (tertiary alicyclic amines) is 1. The van der Waals surface area contributed by atoms with Gasteiger partial charge >= 0.3 is 0 Å². The molecule has 30 heavy (non-hydrogen) atoms. The van der Waals surface area contributed by atoms with E-state index in [-0.39, 0.29) is 6.10 Å². The molecule has 2 aliphatic heterocycles. The molecule has 2 aliphatic rings. The molecule has 0 spiro atoms. The molecule has 2 aromatic rings. The molecule has 0 bridgehead atoms. The lowest BCUT2D eigenvalue weighted by atomic mass is 10.1. The number of nitrogens with zero attached hydrogens (tertiary/aromatic N) is 4. The number of hydrogen-bond donors (Lipinski definition) is 1. The maximum absolute atomic E-state index is 6.11. The number of hydrogen-bond acceptors (Lipinski definition) is 5. The lowest BCUT2D eigenvalue weighted by molar-refractivity contribution is -0.0502. The van der Waals surface area contributed by atoms with Gasteiger partial charge in [-0.25, -0.2) is 0 Å². The van der Waals surface area contributed by atoms with Gasteiger partial charge in [-0.2, -0.15) is 0 Å². The molecule has 4 rings (SSSR count). The number of rotatable bonds is 6. The molecule has 2 saturated heterocycles. The smallest absolute Gasteiger partial charge is 0.193 e. The summed E-state index contributed by atoms with van der Waals surface area (Å²) in [5, 5.41) is 7.58. The summed E-state index contributed by atoms with van der Waals surface area (Å²) in [5.41, 5.74) is 3.58. The van der Waals surface area contributed by atoms with Crippen LogP contribution in [0.3, 0.4) is 0 Å². The largest absolute Gasteiger partial charge is 0.373 e. The van der Waals surface area contributed by atoms with E-state index in [2.05, 4.69) is 55.6 Å². The van der Waals surface area contributed by atoms with Gasteiger partial charge in [-0.3, -0.25) is 9.89 Å². The first-order chi connectivity index (χ1) is 14.7. The van der Waals surface area contributed by atoms with Crippen molar-refractivity contribution in [2.45, 2.75) is 45.4 Å². The van der Waals surface area contributed by atoms with E-state index < -0.39 is 0 Å². The third-order valence-corrected chi connectivity index (χ3v) is 6.22. The fourth-order valence-corrected chi connectivity index (χ4v) is 4.60. The number of aromatic nitrogens is 1. The third-order valence-electron chi connectivity index (χ3n) is 6.22. The van der Waals surface area contributed by atoms with Crippen molar-refractivity contribution in [3.63, 3.8) is 0 Å². The number of aliphatic imine (C=N–C) groups is 1. The average molecular weight is 412 g/mol. The molecule has 0 aliphatic carbocycles. The molecule has 162 valence electrons. The Hall–Kier alpha value is -2.38. The van der Waals surface area contributed by atoms with E-state index >= 15 is 0 Å². The van der Waals surface area contributed by atoms with Crippen LogP contribution in [0.1, 0.15) is 29.0 Å². The van der Waals surface area contributed by atoms with Gasteiger partial charge in [0.2, 0.25) is 0 Å². The van der Waals surface area contributed by atoms with Crippen molar-refractivity contribution in [1.29, 1.82) is 0 Å². The molecule has 2 unspecified atom stereocenters. The van der Waals surface area contributed by atoms with E-state index in [1.54, 1.807) is 0 Å². The number of guanidine groups is 1. The van der Waals surface area contributed by atoms with Crippen LogP contribution in [0.4, 0.5) is 0 Å². The number of aryl methyl sites for hydroxylation is 2. The fraction of sp³-hybridized carbons (Fsp3) is 0.565. The van der Waals surface area contributed by atoms with Gasteiger partial charge in [0.25, 0.3) is 0 Å². The lowest BCUT2D eigenvalue weighted by Gasteiger charge is -2.36. The summed E-state index contributed by atoms with van der Waals surface area (Å²) in [6.07, 6.45) is 2.21. The molecule has 0 radical (unpaired) electrons. The molecule has 2 fully saturated rings. The minimum atomic E-state index is 0.239. The third kappa shape index (κ3) is 4.68. The molecule has 2 atom stereocenters. The Labute approximate surface area is 179 Å². The molecule has 7 nitrogen and oxygen atoms in total. The van der Waals surface area contributed by atoms with Crippen molar-refractivity contribution in [3.05, 3.63) is 52.9 Å². The number of ether oxygens (including phenoxy) is 1. The summed E-state index contributed by atoms with van der Waals surface area (Å²) in [5.74, 6) is 1.89. The zero-order valence-corrected chi connectivity index (χ0v) is 18.3. The lowest BCUT2D eigenvalue weighted by Crippen LogP contribution is -2.50. The molecule has 0 saturated carbocycles. The maximum atomic E-state index is 6.11. The van der Waals surface area contributed by atoms with Gasteiger partial charge in [-0.1, -0.05) is 35.5 Å². The minimum absolute atomic E-state index is 0.239. The molecule has 1 aromatic heterocycles. The second kappa shape index (κ2) is 9.62. The number of fused-ring (bicyclic) bond motifs is 1. The summed E-state index contributed by atoms with van der Waals surface area (Å²) in [6.45, 7) is 9.44.